The number of rotatable bonds is 7. The van der Waals surface area contributed by atoms with Gasteiger partial charge in [0.15, 0.2) is 0 Å². The van der Waals surface area contributed by atoms with E-state index in [0.29, 0.717) is 12.2 Å². The molecule has 0 atom stereocenters. The monoisotopic (exact) mass is 327 g/mol. The van der Waals surface area contributed by atoms with E-state index in [9.17, 15) is 14.9 Å². The minimum Gasteiger partial charge on any atom is -0.494 e. The molecule has 0 aliphatic carbocycles. The van der Waals surface area contributed by atoms with E-state index >= 15 is 0 Å². The normalized spacial score (nSPS) is 10.5. The lowest BCUT2D eigenvalue weighted by atomic mass is 10.1. The number of hydrogen-bond donors (Lipinski definition) is 1. The second kappa shape index (κ2) is 8.42. The summed E-state index contributed by atoms with van der Waals surface area (Å²) in [6.45, 7) is 2.48. The van der Waals surface area contributed by atoms with E-state index in [1.54, 1.807) is 12.1 Å². The SMILES string of the molecule is CCOc1cccc(/C=N\NC(=O)Cc2ccc([N+](=O)[O-])cc2)c1. The van der Waals surface area contributed by atoms with Crippen molar-refractivity contribution in [3.63, 3.8) is 0 Å². The highest BCUT2D eigenvalue weighted by Gasteiger charge is 2.06. The largest absolute Gasteiger partial charge is 0.494 e. The summed E-state index contributed by atoms with van der Waals surface area (Å²) in [7, 11) is 0. The number of nitro groups is 1. The quantitative estimate of drug-likeness (QED) is 0.480. The number of nitro benzene ring substituents is 1. The molecule has 7 heteroatoms. The molecule has 0 aromatic heterocycles. The maximum absolute atomic E-state index is 11.8. The van der Waals surface area contributed by atoms with Crippen molar-refractivity contribution in [3.05, 3.63) is 69.8 Å². The zero-order valence-corrected chi connectivity index (χ0v) is 13.1. The minimum atomic E-state index is -0.482. The van der Waals surface area contributed by atoms with E-state index in [-0.39, 0.29) is 18.0 Å². The first-order chi connectivity index (χ1) is 11.6. The second-order valence-electron chi connectivity index (χ2n) is 4.90. The summed E-state index contributed by atoms with van der Waals surface area (Å²) >= 11 is 0. The Morgan fingerprint density at radius 3 is 2.71 bits per heavy atom. The lowest BCUT2D eigenvalue weighted by Crippen LogP contribution is -2.19. The number of carbonyl (C=O) groups is 1. The Labute approximate surface area is 139 Å². The van der Waals surface area contributed by atoms with E-state index in [0.717, 1.165) is 11.3 Å². The smallest absolute Gasteiger partial charge is 0.269 e. The summed E-state index contributed by atoms with van der Waals surface area (Å²) in [6.07, 6.45) is 1.62. The van der Waals surface area contributed by atoms with Gasteiger partial charge in [-0.25, -0.2) is 5.43 Å². The molecule has 0 fully saturated rings. The molecule has 0 aliphatic rings. The van der Waals surface area contributed by atoms with E-state index < -0.39 is 4.92 Å². The molecule has 0 unspecified atom stereocenters. The zero-order valence-electron chi connectivity index (χ0n) is 13.1. The molecule has 0 radical (unpaired) electrons. The van der Waals surface area contributed by atoms with Crippen LogP contribution in [0.25, 0.3) is 0 Å². The number of hydrogen-bond acceptors (Lipinski definition) is 5. The van der Waals surface area contributed by atoms with Crippen LogP contribution in [0.4, 0.5) is 5.69 Å². The topological polar surface area (TPSA) is 93.8 Å². The minimum absolute atomic E-state index is 0.00800. The van der Waals surface area contributed by atoms with Crippen molar-refractivity contribution < 1.29 is 14.5 Å². The van der Waals surface area contributed by atoms with Gasteiger partial charge in [0.1, 0.15) is 5.75 Å². The van der Waals surface area contributed by atoms with Crippen molar-refractivity contribution in [1.29, 1.82) is 0 Å². The highest BCUT2D eigenvalue weighted by molar-refractivity contribution is 5.83. The Bertz CT molecular complexity index is 742. The number of carbonyl (C=O) groups excluding carboxylic acids is 1. The Hall–Kier alpha value is -3.22. The van der Waals surface area contributed by atoms with Gasteiger partial charge >= 0.3 is 0 Å². The van der Waals surface area contributed by atoms with Crippen molar-refractivity contribution in [2.45, 2.75) is 13.3 Å². The third kappa shape index (κ3) is 5.20. The van der Waals surface area contributed by atoms with Crippen LogP contribution in [0.3, 0.4) is 0 Å². The molecule has 0 saturated carbocycles. The Kier molecular flexibility index (Phi) is 6.01. The van der Waals surface area contributed by atoms with Crippen LogP contribution in [0.15, 0.2) is 53.6 Å². The molecule has 24 heavy (non-hydrogen) atoms. The molecular weight excluding hydrogens is 310 g/mol. The van der Waals surface area contributed by atoms with Crippen molar-refractivity contribution in [3.8, 4) is 5.75 Å². The fraction of sp³-hybridized carbons (Fsp3) is 0.176. The van der Waals surface area contributed by atoms with Crippen molar-refractivity contribution in [1.82, 2.24) is 5.43 Å². The molecule has 2 rings (SSSR count). The Balaban J connectivity index is 1.88. The third-order valence-electron chi connectivity index (χ3n) is 3.08. The van der Waals surface area contributed by atoms with Crippen LogP contribution < -0.4 is 10.2 Å². The number of nitrogens with one attached hydrogen (secondary N) is 1. The van der Waals surface area contributed by atoms with E-state index in [1.807, 2.05) is 31.2 Å². The standard InChI is InChI=1S/C17H17N3O4/c1-2-24-16-5-3-4-14(10-16)12-18-19-17(21)11-13-6-8-15(9-7-13)20(22)23/h3-10,12H,2,11H2,1H3,(H,19,21)/b18-12-. The van der Waals surface area contributed by atoms with Crippen LogP contribution in [0, 0.1) is 10.1 Å². The first-order valence-corrected chi connectivity index (χ1v) is 7.36. The Morgan fingerprint density at radius 2 is 2.04 bits per heavy atom. The van der Waals surface area contributed by atoms with Gasteiger partial charge in [-0.15, -0.1) is 0 Å². The molecule has 1 amide bonds. The Morgan fingerprint density at radius 1 is 1.29 bits per heavy atom. The molecule has 2 aromatic rings. The number of ether oxygens (including phenoxy) is 1. The van der Waals surface area contributed by atoms with E-state index in [1.165, 1.54) is 18.3 Å². The number of amides is 1. The predicted molar refractivity (Wildman–Crippen MR) is 90.1 cm³/mol. The van der Waals surface area contributed by atoms with Crippen molar-refractivity contribution >= 4 is 17.8 Å². The number of hydrazone groups is 1. The fourth-order valence-electron chi connectivity index (χ4n) is 1.99. The summed E-state index contributed by atoms with van der Waals surface area (Å²) in [6, 6.07) is 13.2. The average Bonchev–Trinajstić information content (AvgIpc) is 2.56. The number of benzene rings is 2. The summed E-state index contributed by atoms with van der Waals surface area (Å²) in [5.41, 5.74) is 3.89. The first-order valence-electron chi connectivity index (χ1n) is 7.36. The highest BCUT2D eigenvalue weighted by Crippen LogP contribution is 2.13. The zero-order chi connectivity index (χ0) is 17.4. The maximum Gasteiger partial charge on any atom is 0.269 e. The van der Waals surface area contributed by atoms with Gasteiger partial charge in [-0.1, -0.05) is 24.3 Å². The van der Waals surface area contributed by atoms with Crippen LogP contribution in [0.5, 0.6) is 5.75 Å². The second-order valence-corrected chi connectivity index (χ2v) is 4.90. The van der Waals surface area contributed by atoms with E-state index in [4.69, 9.17) is 4.74 Å². The first kappa shape index (κ1) is 17.1. The molecular formula is C17H17N3O4. The third-order valence-corrected chi connectivity index (χ3v) is 3.08. The number of non-ortho nitro benzene ring substituents is 1. The lowest BCUT2D eigenvalue weighted by molar-refractivity contribution is -0.384. The van der Waals surface area contributed by atoms with Crippen LogP contribution >= 0.6 is 0 Å². The summed E-state index contributed by atoms with van der Waals surface area (Å²) in [5.74, 6) is 0.430. The summed E-state index contributed by atoms with van der Waals surface area (Å²) < 4.78 is 5.38. The average molecular weight is 327 g/mol. The van der Waals surface area contributed by atoms with Gasteiger partial charge in [-0.2, -0.15) is 5.10 Å². The number of nitrogens with zero attached hydrogens (tertiary/aromatic N) is 2. The molecule has 2 aromatic carbocycles. The summed E-state index contributed by atoms with van der Waals surface area (Å²) in [4.78, 5) is 21.9. The van der Waals surface area contributed by atoms with Crippen molar-refractivity contribution in [2.24, 2.45) is 5.10 Å². The van der Waals surface area contributed by atoms with Gasteiger partial charge in [-0.05, 0) is 30.2 Å². The van der Waals surface area contributed by atoms with Gasteiger partial charge in [-0.3, -0.25) is 14.9 Å². The molecule has 124 valence electrons. The van der Waals surface area contributed by atoms with Crippen LogP contribution in [-0.2, 0) is 11.2 Å². The predicted octanol–water partition coefficient (Wildman–Crippen LogP) is 2.69. The molecule has 7 nitrogen and oxygen atoms in total. The van der Waals surface area contributed by atoms with Crippen LogP contribution in [0.1, 0.15) is 18.1 Å². The van der Waals surface area contributed by atoms with Gasteiger partial charge in [0.05, 0.1) is 24.2 Å². The maximum atomic E-state index is 11.8. The van der Waals surface area contributed by atoms with Gasteiger partial charge in [0.2, 0.25) is 5.91 Å². The molecule has 0 heterocycles. The summed E-state index contributed by atoms with van der Waals surface area (Å²) in [5, 5.41) is 14.5. The van der Waals surface area contributed by atoms with Gasteiger partial charge in [0.25, 0.3) is 5.69 Å². The van der Waals surface area contributed by atoms with E-state index in [2.05, 4.69) is 10.5 Å². The molecule has 0 aliphatic heterocycles. The molecule has 0 saturated heterocycles. The van der Waals surface area contributed by atoms with Crippen molar-refractivity contribution in [2.75, 3.05) is 6.61 Å². The molecule has 1 N–H and O–H groups in total. The fourth-order valence-corrected chi connectivity index (χ4v) is 1.99. The lowest BCUT2D eigenvalue weighted by Gasteiger charge is -2.03. The molecule has 0 bridgehead atoms. The van der Waals surface area contributed by atoms with Crippen LogP contribution in [0.2, 0.25) is 0 Å². The van der Waals surface area contributed by atoms with Gasteiger partial charge in [0, 0.05) is 12.1 Å². The highest BCUT2D eigenvalue weighted by atomic mass is 16.6. The van der Waals surface area contributed by atoms with Crippen LogP contribution in [-0.4, -0.2) is 23.7 Å². The van der Waals surface area contributed by atoms with Gasteiger partial charge < -0.3 is 4.74 Å². The molecule has 0 spiro atoms.